The molecule has 0 aromatic heterocycles. The summed E-state index contributed by atoms with van der Waals surface area (Å²) in [5, 5.41) is 2.85. The Morgan fingerprint density at radius 3 is 2.60 bits per heavy atom. The first-order valence-electron chi connectivity index (χ1n) is 4.71. The molecule has 15 heavy (non-hydrogen) atoms. The van der Waals surface area contributed by atoms with Gasteiger partial charge in [0, 0.05) is 10.2 Å². The molecular formula is C11H13Br2NO. The molecule has 2 nitrogen and oxygen atoms in total. The van der Waals surface area contributed by atoms with Crippen LogP contribution in [0.2, 0.25) is 0 Å². The van der Waals surface area contributed by atoms with Gasteiger partial charge in [0.15, 0.2) is 0 Å². The summed E-state index contributed by atoms with van der Waals surface area (Å²) in [4.78, 5) is 11.5. The van der Waals surface area contributed by atoms with Gasteiger partial charge in [-0.25, -0.2) is 0 Å². The Bertz CT molecular complexity index is 352. The summed E-state index contributed by atoms with van der Waals surface area (Å²) in [6.07, 6.45) is 0. The van der Waals surface area contributed by atoms with Crippen molar-refractivity contribution in [3.8, 4) is 0 Å². The number of nitrogens with one attached hydrogen (secondary N) is 1. The SMILES string of the molecule is CC(C)C(Br)C(=O)Nc1cccc(Br)c1. The topological polar surface area (TPSA) is 29.1 Å². The lowest BCUT2D eigenvalue weighted by Crippen LogP contribution is -2.26. The van der Waals surface area contributed by atoms with Crippen LogP contribution in [0.4, 0.5) is 5.69 Å². The summed E-state index contributed by atoms with van der Waals surface area (Å²) in [5.41, 5.74) is 0.805. The fraction of sp³-hybridized carbons (Fsp3) is 0.364. The number of hydrogen-bond acceptors (Lipinski definition) is 1. The molecule has 0 heterocycles. The molecule has 1 amide bonds. The van der Waals surface area contributed by atoms with Crippen molar-refractivity contribution in [2.45, 2.75) is 18.7 Å². The highest BCUT2D eigenvalue weighted by Gasteiger charge is 2.18. The van der Waals surface area contributed by atoms with Crippen LogP contribution in [0.1, 0.15) is 13.8 Å². The maximum Gasteiger partial charge on any atom is 0.238 e. The second kappa shape index (κ2) is 5.66. The summed E-state index contributed by atoms with van der Waals surface area (Å²) < 4.78 is 0.955. The quantitative estimate of drug-likeness (QED) is 0.837. The first kappa shape index (κ1) is 12.7. The zero-order valence-electron chi connectivity index (χ0n) is 8.63. The van der Waals surface area contributed by atoms with Crippen molar-refractivity contribution < 1.29 is 4.79 Å². The van der Waals surface area contributed by atoms with E-state index in [4.69, 9.17) is 0 Å². The van der Waals surface area contributed by atoms with Crippen LogP contribution in [0.15, 0.2) is 28.7 Å². The smallest absolute Gasteiger partial charge is 0.238 e. The first-order chi connectivity index (χ1) is 7.00. The number of alkyl halides is 1. The zero-order valence-corrected chi connectivity index (χ0v) is 11.8. The van der Waals surface area contributed by atoms with E-state index >= 15 is 0 Å². The molecule has 1 aromatic rings. The molecule has 4 heteroatoms. The third-order valence-corrected chi connectivity index (χ3v) is 3.89. The maximum absolute atomic E-state index is 11.7. The molecule has 0 aliphatic carbocycles. The third-order valence-electron chi connectivity index (χ3n) is 1.93. The van der Waals surface area contributed by atoms with Gasteiger partial charge in [-0.2, -0.15) is 0 Å². The Hall–Kier alpha value is -0.350. The first-order valence-corrected chi connectivity index (χ1v) is 6.42. The average molecular weight is 335 g/mol. The molecule has 1 N–H and O–H groups in total. The molecule has 82 valence electrons. The minimum atomic E-state index is -0.156. The minimum Gasteiger partial charge on any atom is -0.325 e. The van der Waals surface area contributed by atoms with E-state index in [1.54, 1.807) is 0 Å². The lowest BCUT2D eigenvalue weighted by Gasteiger charge is -2.13. The van der Waals surface area contributed by atoms with Crippen molar-refractivity contribution in [2.75, 3.05) is 5.32 Å². The predicted octanol–water partition coefficient (Wildman–Crippen LogP) is 3.81. The van der Waals surface area contributed by atoms with Crippen molar-refractivity contribution >= 4 is 43.5 Å². The molecule has 0 spiro atoms. The lowest BCUT2D eigenvalue weighted by atomic mass is 10.1. The van der Waals surface area contributed by atoms with E-state index in [1.807, 2.05) is 38.1 Å². The van der Waals surface area contributed by atoms with E-state index in [1.165, 1.54) is 0 Å². The van der Waals surface area contributed by atoms with Crippen LogP contribution in [0.3, 0.4) is 0 Å². The molecule has 1 unspecified atom stereocenters. The number of carbonyl (C=O) groups excluding carboxylic acids is 1. The summed E-state index contributed by atoms with van der Waals surface area (Å²) in [6.45, 7) is 4.00. The zero-order chi connectivity index (χ0) is 11.4. The predicted molar refractivity (Wildman–Crippen MR) is 70.3 cm³/mol. The van der Waals surface area contributed by atoms with Crippen LogP contribution in [0, 0.1) is 5.92 Å². The highest BCUT2D eigenvalue weighted by atomic mass is 79.9. The van der Waals surface area contributed by atoms with E-state index in [0.29, 0.717) is 0 Å². The van der Waals surface area contributed by atoms with Gasteiger partial charge in [0.2, 0.25) is 5.91 Å². The van der Waals surface area contributed by atoms with Crippen molar-refractivity contribution in [2.24, 2.45) is 5.92 Å². The molecule has 1 rings (SSSR count). The third kappa shape index (κ3) is 3.95. The average Bonchev–Trinajstić information content (AvgIpc) is 2.16. The van der Waals surface area contributed by atoms with Gasteiger partial charge in [0.05, 0.1) is 4.83 Å². The van der Waals surface area contributed by atoms with Crippen molar-refractivity contribution in [3.05, 3.63) is 28.7 Å². The number of carbonyl (C=O) groups is 1. The van der Waals surface area contributed by atoms with E-state index < -0.39 is 0 Å². The highest BCUT2D eigenvalue weighted by molar-refractivity contribution is 9.10. The van der Waals surface area contributed by atoms with E-state index in [2.05, 4.69) is 37.2 Å². The Kier molecular flexibility index (Phi) is 4.80. The molecule has 0 aliphatic rings. The van der Waals surface area contributed by atoms with Crippen LogP contribution in [0.5, 0.6) is 0 Å². The van der Waals surface area contributed by atoms with Crippen molar-refractivity contribution in [3.63, 3.8) is 0 Å². The Balaban J connectivity index is 2.66. The Labute approximate surface area is 107 Å². The summed E-state index contributed by atoms with van der Waals surface area (Å²) in [7, 11) is 0. The molecule has 1 atom stereocenters. The highest BCUT2D eigenvalue weighted by Crippen LogP contribution is 2.18. The number of amides is 1. The van der Waals surface area contributed by atoms with Crippen LogP contribution in [-0.2, 0) is 4.79 Å². The minimum absolute atomic E-state index is 0.0110. The van der Waals surface area contributed by atoms with Crippen LogP contribution in [0.25, 0.3) is 0 Å². The van der Waals surface area contributed by atoms with Crippen molar-refractivity contribution in [1.29, 1.82) is 0 Å². The fourth-order valence-electron chi connectivity index (χ4n) is 1.08. The number of anilines is 1. The molecular weight excluding hydrogens is 322 g/mol. The number of rotatable bonds is 3. The van der Waals surface area contributed by atoms with Gasteiger partial charge in [-0.3, -0.25) is 4.79 Å². The number of benzene rings is 1. The second-order valence-electron chi connectivity index (χ2n) is 3.65. The molecule has 0 radical (unpaired) electrons. The standard InChI is InChI=1S/C11H13Br2NO/c1-7(2)10(13)11(15)14-9-5-3-4-8(12)6-9/h3-7,10H,1-2H3,(H,14,15). The van der Waals surface area contributed by atoms with Crippen molar-refractivity contribution in [1.82, 2.24) is 0 Å². The summed E-state index contributed by atoms with van der Waals surface area (Å²) in [5.74, 6) is 0.264. The molecule has 0 fully saturated rings. The van der Waals surface area contributed by atoms with Crippen LogP contribution < -0.4 is 5.32 Å². The maximum atomic E-state index is 11.7. The van der Waals surface area contributed by atoms with Gasteiger partial charge in [0.25, 0.3) is 0 Å². The number of halogens is 2. The molecule has 0 saturated heterocycles. The molecule has 0 bridgehead atoms. The number of hydrogen-bond donors (Lipinski definition) is 1. The summed E-state index contributed by atoms with van der Waals surface area (Å²) >= 11 is 6.71. The van der Waals surface area contributed by atoms with E-state index in [9.17, 15) is 4.79 Å². The van der Waals surface area contributed by atoms with Gasteiger partial charge in [-0.1, -0.05) is 51.8 Å². The van der Waals surface area contributed by atoms with E-state index in [0.717, 1.165) is 10.2 Å². The monoisotopic (exact) mass is 333 g/mol. The molecule has 0 saturated carbocycles. The fourth-order valence-corrected chi connectivity index (χ4v) is 1.59. The molecule has 0 aliphatic heterocycles. The largest absolute Gasteiger partial charge is 0.325 e. The Morgan fingerprint density at radius 2 is 2.07 bits per heavy atom. The molecule has 1 aromatic carbocycles. The van der Waals surface area contributed by atoms with Gasteiger partial charge < -0.3 is 5.32 Å². The normalized spacial score (nSPS) is 12.6. The summed E-state index contributed by atoms with van der Waals surface area (Å²) in [6, 6.07) is 7.54. The van der Waals surface area contributed by atoms with Crippen LogP contribution in [-0.4, -0.2) is 10.7 Å². The van der Waals surface area contributed by atoms with Crippen LogP contribution >= 0.6 is 31.9 Å². The second-order valence-corrected chi connectivity index (χ2v) is 5.55. The lowest BCUT2D eigenvalue weighted by molar-refractivity contribution is -0.116. The Morgan fingerprint density at radius 1 is 1.40 bits per heavy atom. The van der Waals surface area contributed by atoms with Gasteiger partial charge in [-0.05, 0) is 24.1 Å². The van der Waals surface area contributed by atoms with Gasteiger partial charge in [-0.15, -0.1) is 0 Å². The van der Waals surface area contributed by atoms with E-state index in [-0.39, 0.29) is 16.7 Å². The van der Waals surface area contributed by atoms with Gasteiger partial charge >= 0.3 is 0 Å². The van der Waals surface area contributed by atoms with Gasteiger partial charge in [0.1, 0.15) is 0 Å².